The Bertz CT molecular complexity index is 959. The van der Waals surface area contributed by atoms with Crippen LogP contribution in [0.25, 0.3) is 0 Å². The van der Waals surface area contributed by atoms with Crippen LogP contribution in [0.15, 0.2) is 42.5 Å². The fourth-order valence-corrected chi connectivity index (χ4v) is 4.76. The minimum atomic E-state index is -4.48. The summed E-state index contributed by atoms with van der Waals surface area (Å²) in [5, 5.41) is 2.75. The number of hydrogen-bond acceptors (Lipinski definition) is 3. The van der Waals surface area contributed by atoms with Crippen molar-refractivity contribution in [1.29, 1.82) is 0 Å². The minimum absolute atomic E-state index is 0.0135. The minimum Gasteiger partial charge on any atom is -0.370 e. The zero-order valence-electron chi connectivity index (χ0n) is 17.9. The molecular weight excluding hydrogens is 403 g/mol. The number of rotatable bonds is 4. The van der Waals surface area contributed by atoms with E-state index in [1.165, 1.54) is 31.5 Å². The second-order valence-electron chi connectivity index (χ2n) is 8.65. The summed E-state index contributed by atoms with van der Waals surface area (Å²) in [5.41, 5.74) is 1.76. The van der Waals surface area contributed by atoms with Crippen LogP contribution in [0.4, 0.5) is 24.5 Å². The van der Waals surface area contributed by atoms with E-state index in [1.807, 2.05) is 25.1 Å². The molecule has 2 aliphatic heterocycles. The lowest BCUT2D eigenvalue weighted by molar-refractivity contribution is -0.137. The summed E-state index contributed by atoms with van der Waals surface area (Å²) in [6, 6.07) is 11.6. The summed E-state index contributed by atoms with van der Waals surface area (Å²) in [6.45, 7) is 7.39. The van der Waals surface area contributed by atoms with Crippen molar-refractivity contribution >= 4 is 17.3 Å². The smallest absolute Gasteiger partial charge is 0.370 e. The average molecular weight is 432 g/mol. The van der Waals surface area contributed by atoms with Gasteiger partial charge in [0.15, 0.2) is 0 Å². The largest absolute Gasteiger partial charge is 0.416 e. The van der Waals surface area contributed by atoms with Gasteiger partial charge in [0, 0.05) is 42.1 Å². The van der Waals surface area contributed by atoms with E-state index in [2.05, 4.69) is 22.0 Å². The summed E-state index contributed by atoms with van der Waals surface area (Å²) in [5.74, 6) is -0.550. The van der Waals surface area contributed by atoms with Gasteiger partial charge in [0.1, 0.15) is 0 Å². The molecule has 0 aromatic heterocycles. The zero-order chi connectivity index (χ0) is 22.2. The molecule has 4 rings (SSSR count). The van der Waals surface area contributed by atoms with Gasteiger partial charge < -0.3 is 10.2 Å². The molecule has 2 fully saturated rings. The van der Waals surface area contributed by atoms with Gasteiger partial charge in [-0.2, -0.15) is 13.2 Å². The number of nitrogens with one attached hydrogen (secondary N) is 1. The van der Waals surface area contributed by atoms with Gasteiger partial charge in [-0.05, 0) is 81.6 Å². The van der Waals surface area contributed by atoms with Crippen molar-refractivity contribution in [2.75, 3.05) is 29.9 Å². The summed E-state index contributed by atoms with van der Waals surface area (Å²) in [7, 11) is 0. The second-order valence-corrected chi connectivity index (χ2v) is 8.65. The standard InChI is InChI=1S/C24H28F3N3O/c1-16-13-20(29-12-10-21(15-29)30-11-4-5-17(30)2)8-9-22(16)28-23(31)18-6-3-7-19(14-18)24(25,26)27/h3,6-9,13-14,17,21H,4-5,10-12,15H2,1-2H3,(H,28,31). The van der Waals surface area contributed by atoms with Crippen molar-refractivity contribution < 1.29 is 18.0 Å². The molecule has 2 unspecified atom stereocenters. The summed E-state index contributed by atoms with van der Waals surface area (Å²) < 4.78 is 38.8. The molecule has 1 amide bonds. The number of alkyl halides is 3. The van der Waals surface area contributed by atoms with E-state index in [1.54, 1.807) is 0 Å². The molecule has 2 heterocycles. The van der Waals surface area contributed by atoms with Gasteiger partial charge in [0.2, 0.25) is 0 Å². The normalized spacial score (nSPS) is 22.2. The second kappa shape index (κ2) is 8.54. The lowest BCUT2D eigenvalue weighted by atomic mass is 10.1. The highest BCUT2D eigenvalue weighted by Crippen LogP contribution is 2.31. The fourth-order valence-electron chi connectivity index (χ4n) is 4.76. The van der Waals surface area contributed by atoms with Crippen molar-refractivity contribution in [1.82, 2.24) is 4.90 Å². The van der Waals surface area contributed by atoms with E-state index in [9.17, 15) is 18.0 Å². The first-order chi connectivity index (χ1) is 14.7. The number of amides is 1. The molecule has 1 N–H and O–H groups in total. The van der Waals surface area contributed by atoms with Gasteiger partial charge in [0.25, 0.3) is 5.91 Å². The Labute approximate surface area is 181 Å². The van der Waals surface area contributed by atoms with Gasteiger partial charge in [-0.1, -0.05) is 6.07 Å². The van der Waals surface area contributed by atoms with Crippen molar-refractivity contribution in [2.45, 2.75) is 51.4 Å². The first kappa shape index (κ1) is 21.7. The summed E-state index contributed by atoms with van der Waals surface area (Å²) in [6.07, 6.45) is -0.779. The predicted octanol–water partition coefficient (Wildman–Crippen LogP) is 5.33. The maximum absolute atomic E-state index is 12.9. The van der Waals surface area contributed by atoms with Crippen LogP contribution in [0.1, 0.15) is 47.7 Å². The third-order valence-corrected chi connectivity index (χ3v) is 6.51. The Hall–Kier alpha value is -2.54. The molecule has 0 aliphatic carbocycles. The van der Waals surface area contributed by atoms with E-state index in [0.717, 1.165) is 42.9 Å². The topological polar surface area (TPSA) is 35.6 Å². The highest BCUT2D eigenvalue weighted by Gasteiger charge is 2.33. The molecule has 0 bridgehead atoms. The van der Waals surface area contributed by atoms with Crippen LogP contribution in [-0.4, -0.2) is 42.5 Å². The highest BCUT2D eigenvalue weighted by molar-refractivity contribution is 6.04. The van der Waals surface area contributed by atoms with Crippen molar-refractivity contribution in [3.05, 3.63) is 59.2 Å². The quantitative estimate of drug-likeness (QED) is 0.711. The molecule has 0 saturated carbocycles. The zero-order valence-corrected chi connectivity index (χ0v) is 17.9. The molecule has 7 heteroatoms. The number of anilines is 2. The van der Waals surface area contributed by atoms with E-state index in [4.69, 9.17) is 0 Å². The number of benzene rings is 2. The maximum Gasteiger partial charge on any atom is 0.416 e. The molecule has 2 aliphatic rings. The lowest BCUT2D eigenvalue weighted by Gasteiger charge is -2.28. The van der Waals surface area contributed by atoms with Gasteiger partial charge in [0.05, 0.1) is 5.56 Å². The van der Waals surface area contributed by atoms with Crippen molar-refractivity contribution in [3.8, 4) is 0 Å². The van der Waals surface area contributed by atoms with Crippen LogP contribution in [-0.2, 0) is 6.18 Å². The third-order valence-electron chi connectivity index (χ3n) is 6.51. The van der Waals surface area contributed by atoms with Crippen LogP contribution in [0.2, 0.25) is 0 Å². The van der Waals surface area contributed by atoms with Crippen LogP contribution in [0.5, 0.6) is 0 Å². The Morgan fingerprint density at radius 2 is 1.90 bits per heavy atom. The van der Waals surface area contributed by atoms with Gasteiger partial charge in [-0.25, -0.2) is 0 Å². The number of hydrogen-bond donors (Lipinski definition) is 1. The number of carbonyl (C=O) groups is 1. The third kappa shape index (κ3) is 4.71. The van der Waals surface area contributed by atoms with Gasteiger partial charge in [-0.15, -0.1) is 0 Å². The molecule has 2 aromatic carbocycles. The SMILES string of the molecule is Cc1cc(N2CCC(N3CCCC3C)C2)ccc1NC(=O)c1cccc(C(F)(F)F)c1. The van der Waals surface area contributed by atoms with Crippen molar-refractivity contribution in [2.24, 2.45) is 0 Å². The van der Waals surface area contributed by atoms with Crippen molar-refractivity contribution in [3.63, 3.8) is 0 Å². The number of nitrogens with zero attached hydrogens (tertiary/aromatic N) is 2. The molecule has 4 nitrogen and oxygen atoms in total. The highest BCUT2D eigenvalue weighted by atomic mass is 19.4. The number of carbonyl (C=O) groups excluding carboxylic acids is 1. The Morgan fingerprint density at radius 3 is 2.58 bits per heavy atom. The fraction of sp³-hybridized carbons (Fsp3) is 0.458. The number of likely N-dealkylation sites (tertiary alicyclic amines) is 1. The Kier molecular flexibility index (Phi) is 5.97. The molecule has 0 spiro atoms. The first-order valence-corrected chi connectivity index (χ1v) is 10.8. The molecule has 166 valence electrons. The Balaban J connectivity index is 1.43. The van der Waals surface area contributed by atoms with Gasteiger partial charge in [-0.3, -0.25) is 9.69 Å². The van der Waals surface area contributed by atoms with E-state index >= 15 is 0 Å². The predicted molar refractivity (Wildman–Crippen MR) is 117 cm³/mol. The molecule has 31 heavy (non-hydrogen) atoms. The van der Waals surface area contributed by atoms with E-state index < -0.39 is 17.6 Å². The first-order valence-electron chi connectivity index (χ1n) is 10.8. The van der Waals surface area contributed by atoms with Gasteiger partial charge >= 0.3 is 6.18 Å². The van der Waals surface area contributed by atoms with Crippen LogP contribution in [0.3, 0.4) is 0 Å². The molecule has 2 saturated heterocycles. The monoisotopic (exact) mass is 431 g/mol. The molecule has 2 aromatic rings. The molecular formula is C24H28F3N3O. The number of halogens is 3. The lowest BCUT2D eigenvalue weighted by Crippen LogP contribution is -2.39. The van der Waals surface area contributed by atoms with Crippen LogP contribution < -0.4 is 10.2 Å². The molecule has 0 radical (unpaired) electrons. The average Bonchev–Trinajstić information content (AvgIpc) is 3.37. The van der Waals surface area contributed by atoms with E-state index in [0.29, 0.717) is 17.8 Å². The number of aryl methyl sites for hydroxylation is 1. The van der Waals surface area contributed by atoms with Crippen LogP contribution in [0, 0.1) is 6.92 Å². The Morgan fingerprint density at radius 1 is 1.10 bits per heavy atom. The maximum atomic E-state index is 12.9. The summed E-state index contributed by atoms with van der Waals surface area (Å²) in [4.78, 5) is 17.5. The summed E-state index contributed by atoms with van der Waals surface area (Å²) >= 11 is 0. The molecule has 2 atom stereocenters. The van der Waals surface area contributed by atoms with E-state index in [-0.39, 0.29) is 5.56 Å². The van der Waals surface area contributed by atoms with Crippen LogP contribution >= 0.6 is 0 Å².